The summed E-state index contributed by atoms with van der Waals surface area (Å²) < 4.78 is 16.5. The fraction of sp³-hybridized carbons (Fsp3) is 0.304. The van der Waals surface area contributed by atoms with Gasteiger partial charge in [0, 0.05) is 60.1 Å². The summed E-state index contributed by atoms with van der Waals surface area (Å²) in [6.45, 7) is 4.11. The number of aromatic nitrogens is 6. The van der Waals surface area contributed by atoms with Gasteiger partial charge in [-0.1, -0.05) is 12.1 Å². The van der Waals surface area contributed by atoms with Crippen LogP contribution in [0.4, 0.5) is 16.2 Å². The first-order valence-corrected chi connectivity index (χ1v) is 11.1. The Morgan fingerprint density at radius 3 is 2.65 bits per heavy atom. The third-order valence-corrected chi connectivity index (χ3v) is 5.90. The summed E-state index contributed by atoms with van der Waals surface area (Å²) in [4.78, 5) is 31.9. The molecule has 1 aliphatic rings. The highest BCUT2D eigenvalue weighted by molar-refractivity contribution is 5.92. The van der Waals surface area contributed by atoms with E-state index in [2.05, 4.69) is 35.3 Å². The van der Waals surface area contributed by atoms with E-state index in [0.29, 0.717) is 28.7 Å². The molecule has 0 saturated carbocycles. The summed E-state index contributed by atoms with van der Waals surface area (Å²) in [5, 5.41) is 7.88. The Hall–Kier alpha value is -4.15. The third-order valence-electron chi connectivity index (χ3n) is 5.90. The molecular weight excluding hydrogens is 437 g/mol. The van der Waals surface area contributed by atoms with E-state index in [1.54, 1.807) is 42.2 Å². The number of carbonyl (C=O) groups is 1. The van der Waals surface area contributed by atoms with Gasteiger partial charge >= 0.3 is 0 Å². The van der Waals surface area contributed by atoms with Crippen LogP contribution in [0.15, 0.2) is 36.8 Å². The normalized spacial score (nSPS) is 13.5. The number of amides is 1. The number of nitrogens with zero attached hydrogens (tertiary/aromatic N) is 7. The maximum atomic E-state index is 14.9. The Labute approximate surface area is 195 Å². The molecule has 1 saturated heterocycles. The monoisotopic (exact) mass is 461 g/mol. The Balaban J connectivity index is 1.25. The second-order valence-electron chi connectivity index (χ2n) is 8.24. The van der Waals surface area contributed by atoms with Gasteiger partial charge in [-0.15, -0.1) is 5.10 Å². The SMILES string of the molecule is Cc1nc(C(=O)NCc2ccc3c(N)nccc3c2F)nn1Cc1cnc(N2CCCC2)nc1. The van der Waals surface area contributed by atoms with E-state index in [1.165, 1.54) is 6.20 Å². The fourth-order valence-electron chi connectivity index (χ4n) is 4.03. The second kappa shape index (κ2) is 9.00. The zero-order valence-corrected chi connectivity index (χ0v) is 18.7. The van der Waals surface area contributed by atoms with Crippen molar-refractivity contribution in [2.45, 2.75) is 32.9 Å². The molecule has 4 heterocycles. The Kier molecular flexibility index (Phi) is 5.74. The Bertz CT molecular complexity index is 1350. The van der Waals surface area contributed by atoms with Crippen LogP contribution >= 0.6 is 0 Å². The summed E-state index contributed by atoms with van der Waals surface area (Å²) in [6, 6.07) is 4.83. The molecule has 1 aromatic carbocycles. The number of benzene rings is 1. The molecular formula is C23H24FN9O. The van der Waals surface area contributed by atoms with E-state index in [4.69, 9.17) is 5.73 Å². The highest BCUT2D eigenvalue weighted by atomic mass is 19.1. The maximum Gasteiger partial charge on any atom is 0.291 e. The highest BCUT2D eigenvalue weighted by Gasteiger charge is 2.17. The van der Waals surface area contributed by atoms with Crippen molar-refractivity contribution in [1.82, 2.24) is 35.0 Å². The molecule has 1 aliphatic heterocycles. The lowest BCUT2D eigenvalue weighted by atomic mass is 10.1. The Morgan fingerprint density at radius 2 is 1.88 bits per heavy atom. The minimum absolute atomic E-state index is 0.0117. The van der Waals surface area contributed by atoms with Gasteiger partial charge in [-0.25, -0.2) is 29.0 Å². The van der Waals surface area contributed by atoms with Crippen molar-refractivity contribution in [3.05, 3.63) is 65.4 Å². The number of fused-ring (bicyclic) bond motifs is 1. The van der Waals surface area contributed by atoms with E-state index in [-0.39, 0.29) is 18.2 Å². The summed E-state index contributed by atoms with van der Waals surface area (Å²) in [5.74, 6) is 0.648. The molecule has 174 valence electrons. The molecule has 0 unspecified atom stereocenters. The highest BCUT2D eigenvalue weighted by Crippen LogP contribution is 2.24. The molecule has 4 aromatic rings. The van der Waals surface area contributed by atoms with E-state index >= 15 is 0 Å². The predicted octanol–water partition coefficient (Wildman–Crippen LogP) is 2.22. The number of hydrogen-bond donors (Lipinski definition) is 2. The van der Waals surface area contributed by atoms with Crippen LogP contribution in [-0.2, 0) is 13.1 Å². The molecule has 5 rings (SSSR count). The number of hydrogen-bond acceptors (Lipinski definition) is 8. The number of nitrogens with two attached hydrogens (primary N) is 1. The van der Waals surface area contributed by atoms with Gasteiger partial charge in [0.1, 0.15) is 17.5 Å². The third kappa shape index (κ3) is 4.24. The summed E-state index contributed by atoms with van der Waals surface area (Å²) in [7, 11) is 0. The van der Waals surface area contributed by atoms with Gasteiger partial charge in [-0.2, -0.15) is 0 Å². The predicted molar refractivity (Wildman–Crippen MR) is 125 cm³/mol. The van der Waals surface area contributed by atoms with Crippen LogP contribution in [-0.4, -0.2) is 48.7 Å². The Morgan fingerprint density at radius 1 is 1.12 bits per heavy atom. The second-order valence-corrected chi connectivity index (χ2v) is 8.24. The smallest absolute Gasteiger partial charge is 0.291 e. The average molecular weight is 462 g/mol. The number of carbonyl (C=O) groups excluding carboxylic acids is 1. The molecule has 3 N–H and O–H groups in total. The van der Waals surface area contributed by atoms with Gasteiger partial charge < -0.3 is 16.0 Å². The van der Waals surface area contributed by atoms with Crippen molar-refractivity contribution in [3.8, 4) is 0 Å². The molecule has 0 atom stereocenters. The molecule has 10 nitrogen and oxygen atoms in total. The number of nitrogens with one attached hydrogen (secondary N) is 1. The van der Waals surface area contributed by atoms with Crippen LogP contribution in [0.5, 0.6) is 0 Å². The topological polar surface area (TPSA) is 128 Å². The molecule has 0 spiro atoms. The van der Waals surface area contributed by atoms with Gasteiger partial charge in [0.15, 0.2) is 0 Å². The van der Waals surface area contributed by atoms with Crippen LogP contribution in [0.2, 0.25) is 0 Å². The minimum atomic E-state index is -0.490. The number of nitrogen functional groups attached to an aromatic ring is 1. The molecule has 0 radical (unpaired) electrons. The first kappa shape index (κ1) is 21.7. The average Bonchev–Trinajstić information content (AvgIpc) is 3.50. The summed E-state index contributed by atoms with van der Waals surface area (Å²) >= 11 is 0. The lowest BCUT2D eigenvalue weighted by Gasteiger charge is -2.14. The van der Waals surface area contributed by atoms with Crippen molar-refractivity contribution in [2.75, 3.05) is 23.7 Å². The van der Waals surface area contributed by atoms with Gasteiger partial charge in [-0.05, 0) is 25.8 Å². The molecule has 34 heavy (non-hydrogen) atoms. The van der Waals surface area contributed by atoms with Crippen molar-refractivity contribution < 1.29 is 9.18 Å². The number of rotatable bonds is 6. The van der Waals surface area contributed by atoms with Crippen LogP contribution in [0, 0.1) is 12.7 Å². The largest absolute Gasteiger partial charge is 0.383 e. The minimum Gasteiger partial charge on any atom is -0.383 e. The number of aryl methyl sites for hydroxylation is 1. The molecule has 0 bridgehead atoms. The van der Waals surface area contributed by atoms with E-state index < -0.39 is 11.7 Å². The van der Waals surface area contributed by atoms with Gasteiger partial charge in [0.2, 0.25) is 11.8 Å². The quantitative estimate of drug-likeness (QED) is 0.447. The molecule has 3 aromatic heterocycles. The van der Waals surface area contributed by atoms with Crippen LogP contribution < -0.4 is 16.0 Å². The first-order chi connectivity index (χ1) is 16.5. The van der Waals surface area contributed by atoms with Crippen molar-refractivity contribution in [2.24, 2.45) is 0 Å². The number of halogens is 1. The lowest BCUT2D eigenvalue weighted by molar-refractivity contribution is 0.0940. The van der Waals surface area contributed by atoms with Crippen molar-refractivity contribution in [3.63, 3.8) is 0 Å². The van der Waals surface area contributed by atoms with E-state index in [0.717, 1.165) is 37.4 Å². The van der Waals surface area contributed by atoms with Crippen molar-refractivity contribution >= 4 is 28.4 Å². The van der Waals surface area contributed by atoms with E-state index in [1.807, 2.05) is 0 Å². The van der Waals surface area contributed by atoms with Crippen LogP contribution in [0.25, 0.3) is 10.8 Å². The molecule has 1 amide bonds. The van der Waals surface area contributed by atoms with Crippen LogP contribution in [0.3, 0.4) is 0 Å². The standard InChI is InChI=1S/C23H24FN9O/c1-14-30-21(31-33(14)13-15-10-28-23(29-11-15)32-8-2-3-9-32)22(34)27-12-16-4-5-18-17(19(16)24)6-7-26-20(18)25/h4-7,10-11H,2-3,8-9,12-13H2,1H3,(H2,25,26)(H,27,34). The summed E-state index contributed by atoms with van der Waals surface area (Å²) in [5.41, 5.74) is 6.99. The lowest BCUT2D eigenvalue weighted by Crippen LogP contribution is -2.25. The zero-order chi connectivity index (χ0) is 23.7. The molecule has 1 fully saturated rings. The van der Waals surface area contributed by atoms with Crippen molar-refractivity contribution in [1.29, 1.82) is 0 Å². The fourth-order valence-corrected chi connectivity index (χ4v) is 4.03. The van der Waals surface area contributed by atoms with Gasteiger partial charge in [0.25, 0.3) is 5.91 Å². The van der Waals surface area contributed by atoms with Gasteiger partial charge in [-0.3, -0.25) is 4.79 Å². The maximum absolute atomic E-state index is 14.9. The first-order valence-electron chi connectivity index (χ1n) is 11.1. The molecule has 11 heteroatoms. The zero-order valence-electron chi connectivity index (χ0n) is 18.7. The van der Waals surface area contributed by atoms with Crippen LogP contribution in [0.1, 0.15) is 40.4 Å². The van der Waals surface area contributed by atoms with Gasteiger partial charge in [0.05, 0.1) is 6.54 Å². The molecule has 0 aliphatic carbocycles. The number of anilines is 2. The van der Waals surface area contributed by atoms with E-state index in [9.17, 15) is 9.18 Å². The number of pyridine rings is 1. The summed E-state index contributed by atoms with van der Waals surface area (Å²) in [6.07, 6.45) is 7.31.